The molecule has 2 N–H and O–H groups in total. The van der Waals surface area contributed by atoms with Crippen LogP contribution in [-0.2, 0) is 9.47 Å². The van der Waals surface area contributed by atoms with Crippen LogP contribution in [0.4, 0.5) is 0 Å². The minimum Gasteiger partial charge on any atom is -0.363 e. The molecule has 0 amide bonds. The van der Waals surface area contributed by atoms with Crippen molar-refractivity contribution in [1.29, 1.82) is 0 Å². The minimum atomic E-state index is -1.51. The van der Waals surface area contributed by atoms with Gasteiger partial charge in [-0.05, 0) is 10.8 Å². The number of hydrogen-bond acceptors (Lipinski definition) is 4. The van der Waals surface area contributed by atoms with Crippen LogP contribution < -0.4 is 0 Å². The van der Waals surface area contributed by atoms with Gasteiger partial charge in [0.25, 0.3) is 0 Å². The molecule has 1 saturated heterocycles. The Morgan fingerprint density at radius 1 is 0.542 bits per heavy atom. The highest BCUT2D eigenvalue weighted by Gasteiger charge is 2.67. The number of ether oxygens (including phenoxy) is 2. The molecule has 0 radical (unpaired) electrons. The van der Waals surface area contributed by atoms with Gasteiger partial charge in [0.1, 0.15) is 12.2 Å². The van der Waals surface area contributed by atoms with Gasteiger partial charge in [0.15, 0.2) is 11.6 Å². The van der Waals surface area contributed by atoms with Crippen molar-refractivity contribution in [2.45, 2.75) is 107 Å². The van der Waals surface area contributed by atoms with Gasteiger partial charge in [-0.15, -0.1) is 0 Å². The van der Waals surface area contributed by atoms with Crippen LogP contribution in [0.1, 0.15) is 83.1 Å². The summed E-state index contributed by atoms with van der Waals surface area (Å²) in [4.78, 5) is 0. The molecule has 0 spiro atoms. The van der Waals surface area contributed by atoms with E-state index in [0.29, 0.717) is 0 Å². The van der Waals surface area contributed by atoms with Crippen molar-refractivity contribution < 1.29 is 19.7 Å². The van der Waals surface area contributed by atoms with E-state index in [4.69, 9.17) is 9.47 Å². The summed E-state index contributed by atoms with van der Waals surface area (Å²) < 4.78 is 12.7. The average molecular weight is 345 g/mol. The minimum absolute atomic E-state index is 0.413. The van der Waals surface area contributed by atoms with E-state index in [1.54, 1.807) is 0 Å². The Bertz CT molecular complexity index is 414. The van der Waals surface area contributed by atoms with Crippen molar-refractivity contribution in [1.82, 2.24) is 0 Å². The summed E-state index contributed by atoms with van der Waals surface area (Å²) in [5.74, 6) is -3.03. The van der Waals surface area contributed by atoms with Gasteiger partial charge >= 0.3 is 0 Å². The lowest BCUT2D eigenvalue weighted by Crippen LogP contribution is -2.75. The van der Waals surface area contributed by atoms with E-state index in [1.165, 1.54) is 0 Å². The molecule has 0 aliphatic carbocycles. The highest BCUT2D eigenvalue weighted by Crippen LogP contribution is 2.55. The SMILES string of the molecule is CC(C)(C)C1OC(O)(C(C)(C)C)C(C(C)(C)C)OC1(O)C(C)(C)C. The highest BCUT2D eigenvalue weighted by molar-refractivity contribution is 5.07. The summed E-state index contributed by atoms with van der Waals surface area (Å²) in [6, 6.07) is 0. The Hall–Kier alpha value is -0.160. The second-order valence-electron chi connectivity index (χ2n) is 11.6. The molecule has 4 atom stereocenters. The molecule has 24 heavy (non-hydrogen) atoms. The van der Waals surface area contributed by atoms with Crippen molar-refractivity contribution in [2.75, 3.05) is 0 Å². The predicted octanol–water partition coefficient (Wildman–Crippen LogP) is 4.33. The molecular formula is C20H40O4. The number of aliphatic hydroxyl groups is 2. The van der Waals surface area contributed by atoms with Gasteiger partial charge in [0.2, 0.25) is 0 Å². The topological polar surface area (TPSA) is 58.9 Å². The maximum atomic E-state index is 11.6. The second-order valence-corrected chi connectivity index (χ2v) is 11.6. The molecule has 1 aliphatic rings. The summed E-state index contributed by atoms with van der Waals surface area (Å²) in [5, 5.41) is 23.2. The van der Waals surface area contributed by atoms with Crippen LogP contribution in [0.5, 0.6) is 0 Å². The van der Waals surface area contributed by atoms with Crippen molar-refractivity contribution in [2.24, 2.45) is 21.7 Å². The van der Waals surface area contributed by atoms with Crippen LogP contribution in [0.25, 0.3) is 0 Å². The fraction of sp³-hybridized carbons (Fsp3) is 1.00. The molecule has 1 rings (SSSR count). The molecule has 0 aromatic carbocycles. The van der Waals surface area contributed by atoms with E-state index in [2.05, 4.69) is 0 Å². The maximum Gasteiger partial charge on any atom is 0.198 e. The average Bonchev–Trinajstić information content (AvgIpc) is 2.26. The molecule has 1 heterocycles. The molecular weight excluding hydrogens is 304 g/mol. The van der Waals surface area contributed by atoms with E-state index < -0.39 is 45.4 Å². The molecule has 4 heteroatoms. The third kappa shape index (κ3) is 3.53. The first kappa shape index (κ1) is 21.9. The fourth-order valence-corrected chi connectivity index (χ4v) is 3.31. The normalized spacial score (nSPS) is 36.8. The van der Waals surface area contributed by atoms with E-state index in [1.807, 2.05) is 83.1 Å². The molecule has 0 saturated carbocycles. The first-order chi connectivity index (χ1) is 10.2. The molecule has 0 aromatic rings. The van der Waals surface area contributed by atoms with Crippen molar-refractivity contribution in [3.8, 4) is 0 Å². The zero-order valence-electron chi connectivity index (χ0n) is 17.9. The summed E-state index contributed by atoms with van der Waals surface area (Å²) >= 11 is 0. The second kappa shape index (κ2) is 5.67. The first-order valence-electron chi connectivity index (χ1n) is 8.98. The molecule has 0 aromatic heterocycles. The number of rotatable bonds is 0. The monoisotopic (exact) mass is 344 g/mol. The standard InChI is InChI=1S/C20H40O4/c1-15(2,3)13-19(21,17(7,8)9)24-14(16(4,5)6)20(22,23-13)18(10,11)12/h13-14,21-22H,1-12H3. The van der Waals surface area contributed by atoms with Gasteiger partial charge in [-0.25, -0.2) is 0 Å². The van der Waals surface area contributed by atoms with E-state index in [-0.39, 0.29) is 0 Å². The Kier molecular flexibility index (Phi) is 5.17. The van der Waals surface area contributed by atoms with Crippen LogP contribution in [-0.4, -0.2) is 34.0 Å². The highest BCUT2D eigenvalue weighted by atomic mass is 16.7. The van der Waals surface area contributed by atoms with Crippen molar-refractivity contribution in [3.63, 3.8) is 0 Å². The van der Waals surface area contributed by atoms with Crippen LogP contribution in [0.2, 0.25) is 0 Å². The van der Waals surface area contributed by atoms with Crippen molar-refractivity contribution >= 4 is 0 Å². The molecule has 4 unspecified atom stereocenters. The first-order valence-corrected chi connectivity index (χ1v) is 8.98. The zero-order valence-corrected chi connectivity index (χ0v) is 17.9. The molecule has 0 bridgehead atoms. The van der Waals surface area contributed by atoms with Gasteiger partial charge in [-0.3, -0.25) is 0 Å². The maximum absolute atomic E-state index is 11.6. The van der Waals surface area contributed by atoms with E-state index in [9.17, 15) is 10.2 Å². The van der Waals surface area contributed by atoms with Gasteiger partial charge < -0.3 is 19.7 Å². The Balaban J connectivity index is 3.62. The lowest BCUT2D eigenvalue weighted by atomic mass is 9.67. The molecule has 144 valence electrons. The molecule has 1 aliphatic heterocycles. The molecule has 4 nitrogen and oxygen atoms in total. The Morgan fingerprint density at radius 2 is 0.750 bits per heavy atom. The van der Waals surface area contributed by atoms with E-state index in [0.717, 1.165) is 0 Å². The fourth-order valence-electron chi connectivity index (χ4n) is 3.31. The van der Waals surface area contributed by atoms with E-state index >= 15 is 0 Å². The lowest BCUT2D eigenvalue weighted by molar-refractivity contribution is -0.486. The van der Waals surface area contributed by atoms with Gasteiger partial charge in [0.05, 0.1) is 0 Å². The lowest BCUT2D eigenvalue weighted by Gasteiger charge is -2.63. The zero-order chi connectivity index (χ0) is 19.6. The number of hydrogen-bond donors (Lipinski definition) is 2. The molecule has 1 fully saturated rings. The largest absolute Gasteiger partial charge is 0.363 e. The Labute approximate surface area is 148 Å². The van der Waals surface area contributed by atoms with Crippen molar-refractivity contribution in [3.05, 3.63) is 0 Å². The predicted molar refractivity (Wildman–Crippen MR) is 97.5 cm³/mol. The van der Waals surface area contributed by atoms with Crippen LogP contribution in [0.15, 0.2) is 0 Å². The Morgan fingerprint density at radius 3 is 0.875 bits per heavy atom. The van der Waals surface area contributed by atoms with Crippen LogP contribution in [0.3, 0.4) is 0 Å². The third-order valence-corrected chi connectivity index (χ3v) is 5.03. The summed E-state index contributed by atoms with van der Waals surface area (Å²) in [5.41, 5.74) is -1.98. The quantitative estimate of drug-likeness (QED) is 0.686. The third-order valence-electron chi connectivity index (χ3n) is 5.03. The van der Waals surface area contributed by atoms with Crippen LogP contribution in [0, 0.1) is 21.7 Å². The summed E-state index contributed by atoms with van der Waals surface area (Å²) in [6.45, 7) is 23.6. The van der Waals surface area contributed by atoms with Gasteiger partial charge in [0, 0.05) is 10.8 Å². The van der Waals surface area contributed by atoms with Gasteiger partial charge in [-0.2, -0.15) is 0 Å². The summed E-state index contributed by atoms with van der Waals surface area (Å²) in [7, 11) is 0. The summed E-state index contributed by atoms with van der Waals surface area (Å²) in [6.07, 6.45) is -1.35. The van der Waals surface area contributed by atoms with Crippen LogP contribution >= 0.6 is 0 Å². The van der Waals surface area contributed by atoms with Gasteiger partial charge in [-0.1, -0.05) is 83.1 Å². The smallest absolute Gasteiger partial charge is 0.198 e.